The van der Waals surface area contributed by atoms with Crippen molar-refractivity contribution in [2.45, 2.75) is 52.6 Å². The number of fused-ring (bicyclic) bond motifs is 2. The SMILES string of the molecule is CC12CCC(C1)C(C)(C)C2NC(=O)c1ccc(CN)cc1. The zero-order valence-corrected chi connectivity index (χ0v) is 13.3. The van der Waals surface area contributed by atoms with E-state index in [0.717, 1.165) is 17.0 Å². The van der Waals surface area contributed by atoms with Crippen LogP contribution in [0.15, 0.2) is 24.3 Å². The van der Waals surface area contributed by atoms with Crippen LogP contribution in [-0.4, -0.2) is 11.9 Å². The molecular formula is C18H26N2O. The first-order valence-corrected chi connectivity index (χ1v) is 7.97. The molecule has 0 aromatic heterocycles. The number of nitrogens with two attached hydrogens (primary N) is 1. The molecule has 2 aliphatic carbocycles. The highest BCUT2D eigenvalue weighted by molar-refractivity contribution is 5.94. The van der Waals surface area contributed by atoms with Crippen molar-refractivity contribution in [3.8, 4) is 0 Å². The predicted octanol–water partition coefficient (Wildman–Crippen LogP) is 3.09. The molecule has 2 fully saturated rings. The Morgan fingerprint density at radius 2 is 1.95 bits per heavy atom. The predicted molar refractivity (Wildman–Crippen MR) is 84.8 cm³/mol. The summed E-state index contributed by atoms with van der Waals surface area (Å²) >= 11 is 0. The summed E-state index contributed by atoms with van der Waals surface area (Å²) in [6, 6.07) is 7.89. The van der Waals surface area contributed by atoms with E-state index in [1.54, 1.807) is 0 Å². The van der Waals surface area contributed by atoms with Gasteiger partial charge in [-0.2, -0.15) is 0 Å². The van der Waals surface area contributed by atoms with E-state index in [9.17, 15) is 4.79 Å². The van der Waals surface area contributed by atoms with E-state index in [2.05, 4.69) is 26.1 Å². The van der Waals surface area contributed by atoms with Gasteiger partial charge in [0.15, 0.2) is 0 Å². The molecule has 114 valence electrons. The number of benzene rings is 1. The summed E-state index contributed by atoms with van der Waals surface area (Å²) in [5.41, 5.74) is 7.85. The van der Waals surface area contributed by atoms with E-state index in [4.69, 9.17) is 5.73 Å². The van der Waals surface area contributed by atoms with Crippen LogP contribution in [0, 0.1) is 16.7 Å². The van der Waals surface area contributed by atoms with Crippen molar-refractivity contribution in [1.29, 1.82) is 0 Å². The highest BCUT2D eigenvalue weighted by atomic mass is 16.1. The maximum absolute atomic E-state index is 12.6. The molecule has 0 saturated heterocycles. The zero-order chi connectivity index (χ0) is 15.3. The monoisotopic (exact) mass is 286 g/mol. The van der Waals surface area contributed by atoms with Crippen molar-refractivity contribution in [2.24, 2.45) is 22.5 Å². The molecule has 2 aliphatic rings. The van der Waals surface area contributed by atoms with Crippen LogP contribution in [0.5, 0.6) is 0 Å². The lowest BCUT2D eigenvalue weighted by atomic mass is 9.68. The first kappa shape index (κ1) is 14.6. The molecule has 1 aromatic carbocycles. The topological polar surface area (TPSA) is 55.1 Å². The Morgan fingerprint density at radius 1 is 1.29 bits per heavy atom. The van der Waals surface area contributed by atoms with Crippen molar-refractivity contribution < 1.29 is 4.79 Å². The van der Waals surface area contributed by atoms with Gasteiger partial charge in [-0.05, 0) is 53.7 Å². The minimum absolute atomic E-state index is 0.0467. The first-order valence-electron chi connectivity index (χ1n) is 7.97. The average molecular weight is 286 g/mol. The number of carbonyl (C=O) groups is 1. The lowest BCUT2D eigenvalue weighted by Crippen LogP contribution is -2.52. The molecule has 3 rings (SSSR count). The Balaban J connectivity index is 1.78. The van der Waals surface area contributed by atoms with Crippen molar-refractivity contribution >= 4 is 5.91 Å². The highest BCUT2D eigenvalue weighted by Gasteiger charge is 2.59. The Hall–Kier alpha value is -1.35. The Kier molecular flexibility index (Phi) is 3.36. The summed E-state index contributed by atoms with van der Waals surface area (Å²) in [6.07, 6.45) is 3.79. The lowest BCUT2D eigenvalue weighted by Gasteiger charge is -2.43. The second kappa shape index (κ2) is 4.84. The number of amides is 1. The summed E-state index contributed by atoms with van der Waals surface area (Å²) in [5.74, 6) is 0.790. The van der Waals surface area contributed by atoms with E-state index in [1.165, 1.54) is 19.3 Å². The smallest absolute Gasteiger partial charge is 0.251 e. The van der Waals surface area contributed by atoms with Gasteiger partial charge in [-0.15, -0.1) is 0 Å². The van der Waals surface area contributed by atoms with Crippen LogP contribution < -0.4 is 11.1 Å². The maximum atomic E-state index is 12.6. The molecule has 3 N–H and O–H groups in total. The number of rotatable bonds is 3. The van der Waals surface area contributed by atoms with E-state index in [1.807, 2.05) is 24.3 Å². The summed E-state index contributed by atoms with van der Waals surface area (Å²) < 4.78 is 0. The van der Waals surface area contributed by atoms with E-state index < -0.39 is 0 Å². The number of carbonyl (C=O) groups excluding carboxylic acids is 1. The van der Waals surface area contributed by atoms with Gasteiger partial charge in [-0.3, -0.25) is 4.79 Å². The number of hydrogen-bond donors (Lipinski definition) is 2. The normalized spacial score (nSPS) is 33.1. The van der Waals surface area contributed by atoms with E-state index in [0.29, 0.717) is 6.54 Å². The maximum Gasteiger partial charge on any atom is 0.251 e. The lowest BCUT2D eigenvalue weighted by molar-refractivity contribution is 0.0737. The third kappa shape index (κ3) is 2.28. The Labute approximate surface area is 127 Å². The Morgan fingerprint density at radius 3 is 2.48 bits per heavy atom. The highest BCUT2D eigenvalue weighted by Crippen LogP contribution is 2.62. The fourth-order valence-electron chi connectivity index (χ4n) is 4.67. The standard InChI is InChI=1S/C18H26N2O/c1-17(2)14-8-9-18(3,10-14)16(17)20-15(21)13-6-4-12(11-19)5-7-13/h4-7,14,16H,8-11,19H2,1-3H3,(H,20,21). The molecule has 0 heterocycles. The van der Waals surface area contributed by atoms with Gasteiger partial charge in [-0.25, -0.2) is 0 Å². The van der Waals surface area contributed by atoms with E-state index in [-0.39, 0.29) is 22.8 Å². The van der Waals surface area contributed by atoms with Gasteiger partial charge in [0.2, 0.25) is 0 Å². The molecule has 2 saturated carbocycles. The molecule has 3 heteroatoms. The van der Waals surface area contributed by atoms with Crippen LogP contribution in [0.3, 0.4) is 0 Å². The molecule has 0 aliphatic heterocycles. The molecule has 0 spiro atoms. The molecule has 0 radical (unpaired) electrons. The number of hydrogen-bond acceptors (Lipinski definition) is 2. The molecule has 2 bridgehead atoms. The van der Waals surface area contributed by atoms with Crippen LogP contribution in [0.4, 0.5) is 0 Å². The molecule has 3 nitrogen and oxygen atoms in total. The van der Waals surface area contributed by atoms with Gasteiger partial charge >= 0.3 is 0 Å². The van der Waals surface area contributed by atoms with Gasteiger partial charge in [0, 0.05) is 18.2 Å². The average Bonchev–Trinajstić information content (AvgIpc) is 2.94. The van der Waals surface area contributed by atoms with Gasteiger partial charge in [0.25, 0.3) is 5.91 Å². The van der Waals surface area contributed by atoms with Gasteiger partial charge in [0.1, 0.15) is 0 Å². The van der Waals surface area contributed by atoms with Crippen LogP contribution in [0.1, 0.15) is 56.0 Å². The first-order chi connectivity index (χ1) is 9.87. The van der Waals surface area contributed by atoms with Crippen LogP contribution in [-0.2, 0) is 6.54 Å². The minimum Gasteiger partial charge on any atom is -0.348 e. The fourth-order valence-corrected chi connectivity index (χ4v) is 4.67. The van der Waals surface area contributed by atoms with Gasteiger partial charge < -0.3 is 11.1 Å². The molecule has 3 unspecified atom stereocenters. The number of nitrogens with one attached hydrogen (secondary N) is 1. The van der Waals surface area contributed by atoms with Crippen LogP contribution in [0.25, 0.3) is 0 Å². The van der Waals surface area contributed by atoms with Crippen LogP contribution in [0.2, 0.25) is 0 Å². The van der Waals surface area contributed by atoms with Gasteiger partial charge in [-0.1, -0.05) is 32.9 Å². The third-order valence-corrected chi connectivity index (χ3v) is 6.00. The Bertz CT molecular complexity index is 544. The van der Waals surface area contributed by atoms with Crippen molar-refractivity contribution in [2.75, 3.05) is 0 Å². The zero-order valence-electron chi connectivity index (χ0n) is 13.3. The molecule has 1 aromatic rings. The minimum atomic E-state index is 0.0467. The summed E-state index contributed by atoms with van der Waals surface area (Å²) in [5, 5.41) is 3.32. The quantitative estimate of drug-likeness (QED) is 0.897. The summed E-state index contributed by atoms with van der Waals surface area (Å²) in [4.78, 5) is 12.6. The van der Waals surface area contributed by atoms with Gasteiger partial charge in [0.05, 0.1) is 0 Å². The second-order valence-corrected chi connectivity index (χ2v) is 7.72. The van der Waals surface area contributed by atoms with Crippen LogP contribution >= 0.6 is 0 Å². The largest absolute Gasteiger partial charge is 0.348 e. The van der Waals surface area contributed by atoms with Crippen molar-refractivity contribution in [3.63, 3.8) is 0 Å². The summed E-state index contributed by atoms with van der Waals surface area (Å²) in [6.45, 7) is 7.47. The third-order valence-electron chi connectivity index (χ3n) is 6.00. The second-order valence-electron chi connectivity index (χ2n) is 7.72. The molecule has 21 heavy (non-hydrogen) atoms. The fraction of sp³-hybridized carbons (Fsp3) is 0.611. The molecule has 1 amide bonds. The molecular weight excluding hydrogens is 260 g/mol. The molecule has 3 atom stereocenters. The van der Waals surface area contributed by atoms with Crippen molar-refractivity contribution in [1.82, 2.24) is 5.32 Å². The van der Waals surface area contributed by atoms with E-state index >= 15 is 0 Å². The van der Waals surface area contributed by atoms with Crippen molar-refractivity contribution in [3.05, 3.63) is 35.4 Å². The summed E-state index contributed by atoms with van der Waals surface area (Å²) in [7, 11) is 0.